The van der Waals surface area contributed by atoms with Crippen LogP contribution < -0.4 is 19.7 Å². The lowest BCUT2D eigenvalue weighted by atomic mass is 10.1. The van der Waals surface area contributed by atoms with Gasteiger partial charge in [0.25, 0.3) is 0 Å². The van der Waals surface area contributed by atoms with E-state index in [-0.39, 0.29) is 6.10 Å². The Labute approximate surface area is 154 Å². The van der Waals surface area contributed by atoms with E-state index in [9.17, 15) is 5.11 Å². The summed E-state index contributed by atoms with van der Waals surface area (Å²) >= 11 is 0. The number of aliphatic hydroxyl groups is 1. The molecular formula is C20H27N3O3. The van der Waals surface area contributed by atoms with Crippen molar-refractivity contribution in [3.8, 4) is 11.5 Å². The van der Waals surface area contributed by atoms with Crippen LogP contribution in [0, 0.1) is 0 Å². The summed E-state index contributed by atoms with van der Waals surface area (Å²) in [5, 5.41) is 13.4. The molecule has 3 rings (SSSR count). The molecule has 1 aliphatic rings. The van der Waals surface area contributed by atoms with E-state index in [2.05, 4.69) is 21.3 Å². The van der Waals surface area contributed by atoms with E-state index in [1.54, 1.807) is 14.2 Å². The molecule has 1 saturated heterocycles. The fourth-order valence-corrected chi connectivity index (χ4v) is 3.31. The summed E-state index contributed by atoms with van der Waals surface area (Å²) in [5.41, 5.74) is 2.23. The van der Waals surface area contributed by atoms with Gasteiger partial charge in [-0.2, -0.15) is 0 Å². The first-order valence-electron chi connectivity index (χ1n) is 8.99. The summed E-state index contributed by atoms with van der Waals surface area (Å²) in [6.07, 6.45) is 3.41. The van der Waals surface area contributed by atoms with Crippen LogP contribution >= 0.6 is 0 Å². The number of nitrogens with zero attached hydrogens (tertiary/aromatic N) is 2. The molecule has 0 bridgehead atoms. The number of piperidine rings is 1. The smallest absolute Gasteiger partial charge is 0.133 e. The fraction of sp³-hybridized carbons (Fsp3) is 0.450. The molecule has 0 amide bonds. The van der Waals surface area contributed by atoms with Crippen LogP contribution in [-0.2, 0) is 13.1 Å². The van der Waals surface area contributed by atoms with E-state index in [0.717, 1.165) is 47.8 Å². The molecule has 2 N–H and O–H groups in total. The first kappa shape index (κ1) is 18.5. The summed E-state index contributed by atoms with van der Waals surface area (Å²) < 4.78 is 10.6. The van der Waals surface area contributed by atoms with E-state index in [1.165, 1.54) is 0 Å². The van der Waals surface area contributed by atoms with Crippen molar-refractivity contribution in [2.45, 2.75) is 32.0 Å². The minimum absolute atomic E-state index is 0.268. The van der Waals surface area contributed by atoms with Crippen molar-refractivity contribution in [3.05, 3.63) is 47.7 Å². The number of nitrogens with one attached hydrogen (secondary N) is 1. The quantitative estimate of drug-likeness (QED) is 0.793. The number of pyridine rings is 1. The molecule has 140 valence electrons. The van der Waals surface area contributed by atoms with Crippen molar-refractivity contribution in [1.82, 2.24) is 10.3 Å². The van der Waals surface area contributed by atoms with Crippen LogP contribution in [0.2, 0.25) is 0 Å². The van der Waals surface area contributed by atoms with Gasteiger partial charge in [0.2, 0.25) is 0 Å². The fourth-order valence-electron chi connectivity index (χ4n) is 3.31. The third-order valence-electron chi connectivity index (χ3n) is 4.62. The van der Waals surface area contributed by atoms with E-state index in [0.29, 0.717) is 19.6 Å². The monoisotopic (exact) mass is 357 g/mol. The molecule has 1 aliphatic heterocycles. The van der Waals surface area contributed by atoms with Crippen molar-refractivity contribution in [2.75, 3.05) is 32.2 Å². The third kappa shape index (κ3) is 4.65. The minimum atomic E-state index is -0.268. The van der Waals surface area contributed by atoms with Gasteiger partial charge < -0.3 is 24.8 Å². The van der Waals surface area contributed by atoms with Gasteiger partial charge in [0.05, 0.1) is 20.3 Å². The number of anilines is 1. The lowest BCUT2D eigenvalue weighted by Gasteiger charge is -2.32. The Balaban J connectivity index is 1.65. The van der Waals surface area contributed by atoms with Crippen LogP contribution in [0.5, 0.6) is 11.5 Å². The second-order valence-corrected chi connectivity index (χ2v) is 6.55. The second kappa shape index (κ2) is 8.87. The maximum absolute atomic E-state index is 9.95. The molecule has 26 heavy (non-hydrogen) atoms. The molecule has 0 spiro atoms. The minimum Gasteiger partial charge on any atom is -0.497 e. The number of aromatic nitrogens is 1. The van der Waals surface area contributed by atoms with Gasteiger partial charge in [-0.05, 0) is 36.6 Å². The van der Waals surface area contributed by atoms with Gasteiger partial charge in [0.15, 0.2) is 0 Å². The summed E-state index contributed by atoms with van der Waals surface area (Å²) in [4.78, 5) is 6.73. The van der Waals surface area contributed by atoms with Gasteiger partial charge in [-0.3, -0.25) is 0 Å². The Kier molecular flexibility index (Phi) is 6.30. The number of hydrogen-bond acceptors (Lipinski definition) is 6. The first-order chi connectivity index (χ1) is 12.7. The molecule has 1 aromatic heterocycles. The Bertz CT molecular complexity index is 701. The van der Waals surface area contributed by atoms with Crippen LogP contribution in [-0.4, -0.2) is 43.5 Å². The highest BCUT2D eigenvalue weighted by Crippen LogP contribution is 2.24. The summed E-state index contributed by atoms with van der Waals surface area (Å²) in [7, 11) is 3.31. The van der Waals surface area contributed by atoms with Gasteiger partial charge in [0, 0.05) is 44.0 Å². The van der Waals surface area contributed by atoms with E-state index in [4.69, 9.17) is 9.47 Å². The maximum Gasteiger partial charge on any atom is 0.133 e. The van der Waals surface area contributed by atoms with Crippen LogP contribution in [0.15, 0.2) is 36.5 Å². The van der Waals surface area contributed by atoms with Crippen LogP contribution in [0.4, 0.5) is 5.82 Å². The van der Waals surface area contributed by atoms with Gasteiger partial charge in [-0.25, -0.2) is 4.98 Å². The van der Waals surface area contributed by atoms with Crippen molar-refractivity contribution in [2.24, 2.45) is 0 Å². The van der Waals surface area contributed by atoms with Gasteiger partial charge in [-0.1, -0.05) is 6.07 Å². The number of hydrogen-bond donors (Lipinski definition) is 2. The molecule has 0 aliphatic carbocycles. The van der Waals surface area contributed by atoms with Crippen LogP contribution in [0.3, 0.4) is 0 Å². The average Bonchev–Trinajstić information content (AvgIpc) is 2.68. The van der Waals surface area contributed by atoms with Crippen LogP contribution in [0.1, 0.15) is 24.0 Å². The average molecular weight is 357 g/mol. The predicted octanol–water partition coefficient (Wildman–Crippen LogP) is 2.35. The van der Waals surface area contributed by atoms with E-state index in [1.807, 2.05) is 30.5 Å². The van der Waals surface area contributed by atoms with Crippen molar-refractivity contribution in [3.63, 3.8) is 0 Å². The Morgan fingerprint density at radius 2 is 1.96 bits per heavy atom. The summed E-state index contributed by atoms with van der Waals surface area (Å²) in [6.45, 7) is 2.99. The van der Waals surface area contributed by atoms with Crippen molar-refractivity contribution >= 4 is 5.82 Å². The number of aliphatic hydroxyl groups excluding tert-OH is 1. The SMILES string of the molecule is COc1cc(CNCc2cccnc2N2CCCC(O)C2)cc(OC)c1. The topological polar surface area (TPSA) is 66.9 Å². The highest BCUT2D eigenvalue weighted by atomic mass is 16.5. The number of rotatable bonds is 7. The van der Waals surface area contributed by atoms with Gasteiger partial charge in [0.1, 0.15) is 17.3 Å². The Morgan fingerprint density at radius 1 is 1.19 bits per heavy atom. The van der Waals surface area contributed by atoms with Crippen molar-refractivity contribution in [1.29, 1.82) is 0 Å². The van der Waals surface area contributed by atoms with Crippen molar-refractivity contribution < 1.29 is 14.6 Å². The zero-order valence-electron chi connectivity index (χ0n) is 15.4. The van der Waals surface area contributed by atoms with Gasteiger partial charge >= 0.3 is 0 Å². The highest BCUT2D eigenvalue weighted by Gasteiger charge is 2.20. The molecule has 2 aromatic rings. The normalized spacial score (nSPS) is 17.2. The molecule has 1 fully saturated rings. The summed E-state index contributed by atoms with van der Waals surface area (Å²) in [5.74, 6) is 2.53. The molecule has 6 heteroatoms. The zero-order chi connectivity index (χ0) is 18.4. The maximum atomic E-state index is 9.95. The zero-order valence-corrected chi connectivity index (χ0v) is 15.4. The van der Waals surface area contributed by atoms with Gasteiger partial charge in [-0.15, -0.1) is 0 Å². The molecule has 1 unspecified atom stereocenters. The predicted molar refractivity (Wildman–Crippen MR) is 102 cm³/mol. The molecule has 6 nitrogen and oxygen atoms in total. The first-order valence-corrected chi connectivity index (χ1v) is 8.99. The second-order valence-electron chi connectivity index (χ2n) is 6.55. The number of β-amino-alcohol motifs (C(OH)–C–C–N with tert-alkyl or cyclic N) is 1. The lowest BCUT2D eigenvalue weighted by Crippen LogP contribution is -2.39. The van der Waals surface area contributed by atoms with E-state index < -0.39 is 0 Å². The highest BCUT2D eigenvalue weighted by molar-refractivity contribution is 5.47. The largest absolute Gasteiger partial charge is 0.497 e. The molecule has 0 radical (unpaired) electrons. The molecule has 2 heterocycles. The number of methoxy groups -OCH3 is 2. The molecule has 1 atom stereocenters. The molecule has 0 saturated carbocycles. The third-order valence-corrected chi connectivity index (χ3v) is 4.62. The molecular weight excluding hydrogens is 330 g/mol. The Morgan fingerprint density at radius 3 is 2.65 bits per heavy atom. The van der Waals surface area contributed by atoms with Crippen LogP contribution in [0.25, 0.3) is 0 Å². The number of ether oxygens (including phenoxy) is 2. The molecule has 1 aromatic carbocycles. The van der Waals surface area contributed by atoms with E-state index >= 15 is 0 Å². The lowest BCUT2D eigenvalue weighted by molar-refractivity contribution is 0.154. The standard InChI is InChI=1S/C20H27N3O3/c1-25-18-9-15(10-19(11-18)26-2)12-21-13-16-5-3-7-22-20(16)23-8-4-6-17(24)14-23/h3,5,7,9-11,17,21,24H,4,6,8,12-14H2,1-2H3. The Hall–Kier alpha value is -2.31. The summed E-state index contributed by atoms with van der Waals surface area (Å²) in [6, 6.07) is 9.91. The number of benzene rings is 1.